The molecule has 4 nitrogen and oxygen atoms in total. The van der Waals surface area contributed by atoms with Crippen molar-refractivity contribution in [2.45, 2.75) is 26.4 Å². The molecule has 1 heterocycles. The van der Waals surface area contributed by atoms with Crippen molar-refractivity contribution in [2.24, 2.45) is 0 Å². The van der Waals surface area contributed by atoms with E-state index in [9.17, 15) is 22.4 Å². The minimum absolute atomic E-state index is 0.0286. The molecular weight excluding hydrogens is 376 g/mol. The van der Waals surface area contributed by atoms with Crippen molar-refractivity contribution in [2.75, 3.05) is 0 Å². The van der Waals surface area contributed by atoms with Crippen LogP contribution in [0.15, 0.2) is 42.6 Å². The topological polar surface area (TPSA) is 55.1 Å². The predicted molar refractivity (Wildman–Crippen MR) is 94.2 cm³/mol. The smallest absolute Gasteiger partial charge is 0.416 e. The molecule has 8 heteroatoms. The lowest BCUT2D eigenvalue weighted by Crippen LogP contribution is -2.06. The molecule has 0 aliphatic carbocycles. The number of alkyl halides is 3. The molecular formula is C20H16F4N2O2. The number of aromatic nitrogens is 2. The molecule has 0 bridgehead atoms. The van der Waals surface area contributed by atoms with Crippen LogP contribution in [0.25, 0.3) is 5.69 Å². The maximum atomic E-state index is 13.6. The monoisotopic (exact) mass is 392 g/mol. The standard InChI is InChI=1S/C20H16F4N2O2/c1-11-5-17(3-4-18(11)19(27)28)26-10-16(25-12(26)2)8-13-6-14(20(22,23)24)9-15(21)7-13/h3-7,9-10H,8H2,1-2H3,(H,27,28). The van der Waals surface area contributed by atoms with Gasteiger partial charge in [-0.1, -0.05) is 0 Å². The Morgan fingerprint density at radius 2 is 1.86 bits per heavy atom. The van der Waals surface area contributed by atoms with Gasteiger partial charge in [0.2, 0.25) is 0 Å². The minimum atomic E-state index is -4.63. The van der Waals surface area contributed by atoms with Crippen LogP contribution in [0.4, 0.5) is 17.6 Å². The van der Waals surface area contributed by atoms with E-state index in [1.165, 1.54) is 6.07 Å². The van der Waals surface area contributed by atoms with Gasteiger partial charge in [-0.25, -0.2) is 14.2 Å². The lowest BCUT2D eigenvalue weighted by molar-refractivity contribution is -0.137. The summed E-state index contributed by atoms with van der Waals surface area (Å²) in [6, 6.07) is 7.21. The minimum Gasteiger partial charge on any atom is -0.478 e. The number of carbonyl (C=O) groups is 1. The number of halogens is 4. The Hall–Kier alpha value is -3.16. The van der Waals surface area contributed by atoms with Gasteiger partial charge in [0.25, 0.3) is 0 Å². The fraction of sp³-hybridized carbons (Fsp3) is 0.200. The van der Waals surface area contributed by atoms with Gasteiger partial charge in [-0.2, -0.15) is 13.2 Å². The first-order valence-corrected chi connectivity index (χ1v) is 8.30. The van der Waals surface area contributed by atoms with Crippen molar-refractivity contribution < 1.29 is 27.5 Å². The summed E-state index contributed by atoms with van der Waals surface area (Å²) in [6.07, 6.45) is -2.96. The highest BCUT2D eigenvalue weighted by Crippen LogP contribution is 2.31. The number of carboxylic acid groups (broad SMARTS) is 1. The maximum Gasteiger partial charge on any atom is 0.416 e. The van der Waals surface area contributed by atoms with Crippen LogP contribution in [-0.2, 0) is 12.6 Å². The molecule has 0 saturated heterocycles. The zero-order valence-electron chi connectivity index (χ0n) is 15.0. The molecule has 3 aromatic rings. The molecule has 146 valence electrons. The third-order valence-corrected chi connectivity index (χ3v) is 4.32. The quantitative estimate of drug-likeness (QED) is 0.640. The average molecular weight is 392 g/mol. The first kappa shape index (κ1) is 19.6. The zero-order valence-corrected chi connectivity index (χ0v) is 15.0. The van der Waals surface area contributed by atoms with Crippen molar-refractivity contribution in [3.63, 3.8) is 0 Å². The molecule has 0 aliphatic rings. The summed E-state index contributed by atoms with van der Waals surface area (Å²) in [4.78, 5) is 15.5. The number of hydrogen-bond acceptors (Lipinski definition) is 2. The highest BCUT2D eigenvalue weighted by molar-refractivity contribution is 5.89. The number of carboxylic acids is 1. The first-order chi connectivity index (χ1) is 13.0. The van der Waals surface area contributed by atoms with E-state index in [0.717, 1.165) is 12.1 Å². The largest absolute Gasteiger partial charge is 0.478 e. The van der Waals surface area contributed by atoms with Gasteiger partial charge >= 0.3 is 12.1 Å². The molecule has 0 atom stereocenters. The van der Waals surface area contributed by atoms with Crippen LogP contribution in [0.1, 0.15) is 38.6 Å². The molecule has 28 heavy (non-hydrogen) atoms. The van der Waals surface area contributed by atoms with Crippen LogP contribution < -0.4 is 0 Å². The van der Waals surface area contributed by atoms with E-state index in [1.807, 2.05) is 0 Å². The molecule has 1 N–H and O–H groups in total. The third-order valence-electron chi connectivity index (χ3n) is 4.32. The third kappa shape index (κ3) is 4.05. The Morgan fingerprint density at radius 3 is 2.46 bits per heavy atom. The lowest BCUT2D eigenvalue weighted by atomic mass is 10.1. The highest BCUT2D eigenvalue weighted by atomic mass is 19.4. The van der Waals surface area contributed by atoms with E-state index in [-0.39, 0.29) is 17.5 Å². The van der Waals surface area contributed by atoms with Crippen LogP contribution in [0, 0.1) is 19.7 Å². The molecule has 0 aliphatic heterocycles. The molecule has 0 unspecified atom stereocenters. The summed E-state index contributed by atoms with van der Waals surface area (Å²) in [6.45, 7) is 3.39. The Morgan fingerprint density at radius 1 is 1.14 bits per heavy atom. The Labute approximate surface area is 158 Å². The molecule has 1 aromatic heterocycles. The predicted octanol–water partition coefficient (Wildman–Crippen LogP) is 4.94. The average Bonchev–Trinajstić information content (AvgIpc) is 2.93. The number of aromatic carboxylic acids is 1. The van der Waals surface area contributed by atoms with Crippen molar-refractivity contribution >= 4 is 5.97 Å². The summed E-state index contributed by atoms with van der Waals surface area (Å²) in [5.41, 5.74) is 1.01. The zero-order chi connectivity index (χ0) is 20.6. The summed E-state index contributed by atoms with van der Waals surface area (Å²) in [5, 5.41) is 9.12. The van der Waals surface area contributed by atoms with E-state index in [0.29, 0.717) is 28.8 Å². The highest BCUT2D eigenvalue weighted by Gasteiger charge is 2.31. The number of hydrogen-bond donors (Lipinski definition) is 1. The van der Waals surface area contributed by atoms with Gasteiger partial charge in [0.15, 0.2) is 0 Å². The van der Waals surface area contributed by atoms with Gasteiger partial charge in [0, 0.05) is 18.3 Å². The van der Waals surface area contributed by atoms with Crippen LogP contribution in [-0.4, -0.2) is 20.6 Å². The van der Waals surface area contributed by atoms with Crippen molar-refractivity contribution in [3.05, 3.63) is 82.2 Å². The van der Waals surface area contributed by atoms with E-state index < -0.39 is 23.5 Å². The molecule has 0 radical (unpaired) electrons. The first-order valence-electron chi connectivity index (χ1n) is 8.30. The van der Waals surface area contributed by atoms with Gasteiger partial charge in [-0.15, -0.1) is 0 Å². The van der Waals surface area contributed by atoms with Crippen molar-refractivity contribution in [1.82, 2.24) is 9.55 Å². The van der Waals surface area contributed by atoms with Crippen LogP contribution >= 0.6 is 0 Å². The van der Waals surface area contributed by atoms with E-state index in [4.69, 9.17) is 5.11 Å². The normalized spacial score (nSPS) is 11.6. The fourth-order valence-corrected chi connectivity index (χ4v) is 3.04. The van der Waals surface area contributed by atoms with Gasteiger partial charge in [-0.3, -0.25) is 0 Å². The van der Waals surface area contributed by atoms with E-state index >= 15 is 0 Å². The van der Waals surface area contributed by atoms with Gasteiger partial charge in [0.05, 0.1) is 16.8 Å². The maximum absolute atomic E-state index is 13.6. The number of rotatable bonds is 4. The molecule has 0 saturated carbocycles. The van der Waals surface area contributed by atoms with Crippen LogP contribution in [0.3, 0.4) is 0 Å². The van der Waals surface area contributed by atoms with Gasteiger partial charge in [-0.05, 0) is 61.4 Å². The van der Waals surface area contributed by atoms with E-state index in [1.54, 1.807) is 36.7 Å². The summed E-state index contributed by atoms with van der Waals surface area (Å²) in [5.74, 6) is -1.41. The van der Waals surface area contributed by atoms with E-state index in [2.05, 4.69) is 4.98 Å². The Balaban J connectivity index is 1.92. The molecule has 2 aromatic carbocycles. The number of imidazole rings is 1. The number of nitrogens with zero attached hydrogens (tertiary/aromatic N) is 2. The van der Waals surface area contributed by atoms with Gasteiger partial charge in [0.1, 0.15) is 11.6 Å². The molecule has 0 amide bonds. The molecule has 0 fully saturated rings. The Bertz CT molecular complexity index is 1050. The van der Waals surface area contributed by atoms with Crippen molar-refractivity contribution in [3.8, 4) is 5.69 Å². The van der Waals surface area contributed by atoms with Crippen molar-refractivity contribution in [1.29, 1.82) is 0 Å². The van der Waals surface area contributed by atoms with Crippen LogP contribution in [0.5, 0.6) is 0 Å². The second-order valence-electron chi connectivity index (χ2n) is 6.48. The number of aryl methyl sites for hydroxylation is 2. The Kier molecular flexibility index (Phi) is 4.97. The summed E-state index contributed by atoms with van der Waals surface area (Å²) in [7, 11) is 0. The fourth-order valence-electron chi connectivity index (χ4n) is 3.04. The summed E-state index contributed by atoms with van der Waals surface area (Å²) >= 11 is 0. The second-order valence-corrected chi connectivity index (χ2v) is 6.48. The summed E-state index contributed by atoms with van der Waals surface area (Å²) < 4.78 is 53.9. The van der Waals surface area contributed by atoms with Gasteiger partial charge < -0.3 is 9.67 Å². The molecule has 0 spiro atoms. The SMILES string of the molecule is Cc1cc(-n2cc(Cc3cc(F)cc(C(F)(F)F)c3)nc2C)ccc1C(=O)O. The number of benzene rings is 2. The second kappa shape index (κ2) is 7.10. The lowest BCUT2D eigenvalue weighted by Gasteiger charge is -2.09. The molecule has 3 rings (SSSR count). The van der Waals surface area contributed by atoms with Crippen LogP contribution in [0.2, 0.25) is 0 Å².